The molecule has 0 aliphatic rings. The average Bonchev–Trinajstić information content (AvgIpc) is 3.97. The van der Waals surface area contributed by atoms with Gasteiger partial charge in [-0.25, -0.2) is 15.0 Å². The Bertz CT molecular complexity index is 3610. The SMILES string of the molecule is c1ccc(-c2cccc(-c3c(-c4cc(-c5nc(-c6ccccc6)nc(-c6ccccc6)n5)cc(-c5cc6ccccc6n5-c5ccc6ccccc6c5)c4)oc4ccccc34)c2)cc1. The Morgan fingerprint density at radius 1 is 0.328 bits per heavy atom. The van der Waals surface area contributed by atoms with E-state index in [1.165, 1.54) is 10.8 Å². The molecule has 12 rings (SSSR count). The fourth-order valence-corrected chi connectivity index (χ4v) is 8.95. The van der Waals surface area contributed by atoms with Gasteiger partial charge in [-0.05, 0) is 87.6 Å². The van der Waals surface area contributed by atoms with Crippen LogP contribution >= 0.6 is 0 Å². The first-order valence-corrected chi connectivity index (χ1v) is 21.5. The Morgan fingerprint density at radius 3 is 1.59 bits per heavy atom. The molecule has 0 saturated heterocycles. The Morgan fingerprint density at radius 2 is 0.859 bits per heavy atom. The number of benzene rings is 9. The first-order chi connectivity index (χ1) is 31.7. The summed E-state index contributed by atoms with van der Waals surface area (Å²) < 4.78 is 9.38. The first-order valence-electron chi connectivity index (χ1n) is 21.5. The van der Waals surface area contributed by atoms with Crippen molar-refractivity contribution in [3.8, 4) is 84.7 Å². The van der Waals surface area contributed by atoms with Crippen molar-refractivity contribution in [2.45, 2.75) is 0 Å². The van der Waals surface area contributed by atoms with E-state index >= 15 is 0 Å². The molecule has 0 spiro atoms. The number of fused-ring (bicyclic) bond motifs is 3. The molecule has 12 aromatic rings. The molecule has 5 heteroatoms. The number of hydrogen-bond acceptors (Lipinski definition) is 4. The molecular weight excluding hydrogens is 781 g/mol. The molecule has 0 radical (unpaired) electrons. The number of aromatic nitrogens is 4. The number of para-hydroxylation sites is 2. The third kappa shape index (κ3) is 6.73. The number of hydrogen-bond donors (Lipinski definition) is 0. The van der Waals surface area contributed by atoms with E-state index in [0.717, 1.165) is 89.1 Å². The lowest BCUT2D eigenvalue weighted by Crippen LogP contribution is -2.01. The summed E-state index contributed by atoms with van der Waals surface area (Å²) in [7, 11) is 0. The van der Waals surface area contributed by atoms with Crippen LogP contribution in [0, 0.1) is 0 Å². The van der Waals surface area contributed by atoms with Crippen LogP contribution in [0.15, 0.2) is 235 Å². The van der Waals surface area contributed by atoms with E-state index < -0.39 is 0 Å². The monoisotopic (exact) mass is 818 g/mol. The van der Waals surface area contributed by atoms with Gasteiger partial charge in [-0.1, -0.05) is 176 Å². The second-order valence-corrected chi connectivity index (χ2v) is 16.0. The fraction of sp³-hybridized carbons (Fsp3) is 0. The zero-order chi connectivity index (χ0) is 42.4. The van der Waals surface area contributed by atoms with Crippen LogP contribution in [0.5, 0.6) is 0 Å². The quantitative estimate of drug-likeness (QED) is 0.153. The summed E-state index contributed by atoms with van der Waals surface area (Å²) in [6.07, 6.45) is 0. The topological polar surface area (TPSA) is 56.7 Å². The first kappa shape index (κ1) is 37.1. The lowest BCUT2D eigenvalue weighted by Gasteiger charge is -2.15. The molecule has 0 unspecified atom stereocenters. The highest BCUT2D eigenvalue weighted by molar-refractivity contribution is 6.03. The predicted octanol–water partition coefficient (Wildman–Crippen LogP) is 15.4. The van der Waals surface area contributed by atoms with Gasteiger partial charge in [-0.3, -0.25) is 0 Å². The molecule has 64 heavy (non-hydrogen) atoms. The van der Waals surface area contributed by atoms with E-state index in [4.69, 9.17) is 19.4 Å². The van der Waals surface area contributed by atoms with E-state index in [2.05, 4.69) is 168 Å². The largest absolute Gasteiger partial charge is 0.455 e. The molecule has 0 fully saturated rings. The van der Waals surface area contributed by atoms with Crippen molar-refractivity contribution in [2.24, 2.45) is 0 Å². The van der Waals surface area contributed by atoms with Gasteiger partial charge in [-0.2, -0.15) is 0 Å². The smallest absolute Gasteiger partial charge is 0.164 e. The number of rotatable bonds is 8. The van der Waals surface area contributed by atoms with Gasteiger partial charge in [0.1, 0.15) is 11.3 Å². The van der Waals surface area contributed by atoms with Crippen LogP contribution in [0.25, 0.3) is 117 Å². The minimum Gasteiger partial charge on any atom is -0.455 e. The van der Waals surface area contributed by atoms with E-state index in [0.29, 0.717) is 17.5 Å². The molecule has 0 aliphatic heterocycles. The fourth-order valence-electron chi connectivity index (χ4n) is 8.95. The third-order valence-corrected chi connectivity index (χ3v) is 12.0. The maximum Gasteiger partial charge on any atom is 0.164 e. The Hall–Kier alpha value is -8.67. The van der Waals surface area contributed by atoms with Gasteiger partial charge in [0.15, 0.2) is 17.5 Å². The molecule has 0 saturated carbocycles. The van der Waals surface area contributed by atoms with Crippen LogP contribution in [0.2, 0.25) is 0 Å². The van der Waals surface area contributed by atoms with Crippen LogP contribution in [0.4, 0.5) is 0 Å². The van der Waals surface area contributed by atoms with Crippen molar-refractivity contribution in [1.82, 2.24) is 19.5 Å². The van der Waals surface area contributed by atoms with Crippen molar-refractivity contribution >= 4 is 32.6 Å². The Labute approximate surface area is 370 Å². The van der Waals surface area contributed by atoms with Crippen LogP contribution < -0.4 is 0 Å². The lowest BCUT2D eigenvalue weighted by atomic mass is 9.93. The van der Waals surface area contributed by atoms with E-state index in [1.807, 2.05) is 66.7 Å². The molecule has 3 aromatic heterocycles. The zero-order valence-electron chi connectivity index (χ0n) is 34.6. The molecular formula is C59H38N4O. The summed E-state index contributed by atoms with van der Waals surface area (Å²) in [6, 6.07) is 80.6. The van der Waals surface area contributed by atoms with E-state index in [9.17, 15) is 0 Å². The maximum absolute atomic E-state index is 7.02. The maximum atomic E-state index is 7.02. The van der Waals surface area contributed by atoms with Crippen molar-refractivity contribution in [3.63, 3.8) is 0 Å². The van der Waals surface area contributed by atoms with E-state index in [1.54, 1.807) is 0 Å². The van der Waals surface area contributed by atoms with Gasteiger partial charge in [0, 0.05) is 44.3 Å². The molecule has 9 aromatic carbocycles. The summed E-state index contributed by atoms with van der Waals surface area (Å²) >= 11 is 0. The molecule has 0 aliphatic carbocycles. The summed E-state index contributed by atoms with van der Waals surface area (Å²) in [4.78, 5) is 15.5. The van der Waals surface area contributed by atoms with Gasteiger partial charge in [0.2, 0.25) is 0 Å². The van der Waals surface area contributed by atoms with Gasteiger partial charge < -0.3 is 8.98 Å². The standard InChI is InChI=1S/C59H38N4O/c1-4-17-39(18-5-1)43-26-16-27-46(33-43)55-51-28-13-15-30-54(51)64-56(55)48-34-47(53-38-45-25-12-14-29-52(45)63(53)50-32-31-40-19-10-11-24-44(40)37-50)35-49(36-48)59-61-57(41-20-6-2-7-21-41)60-58(62-59)42-22-8-3-9-23-42/h1-38H. The molecule has 0 atom stereocenters. The van der Waals surface area contributed by atoms with Crippen LogP contribution in [-0.4, -0.2) is 19.5 Å². The minimum atomic E-state index is 0.563. The lowest BCUT2D eigenvalue weighted by molar-refractivity contribution is 0.632. The predicted molar refractivity (Wildman–Crippen MR) is 262 cm³/mol. The van der Waals surface area contributed by atoms with Crippen LogP contribution in [0.3, 0.4) is 0 Å². The van der Waals surface area contributed by atoms with Gasteiger partial charge >= 0.3 is 0 Å². The third-order valence-electron chi connectivity index (χ3n) is 12.0. The van der Waals surface area contributed by atoms with Gasteiger partial charge in [0.05, 0.1) is 11.2 Å². The molecule has 5 nitrogen and oxygen atoms in total. The van der Waals surface area contributed by atoms with E-state index in [-0.39, 0.29) is 0 Å². The minimum absolute atomic E-state index is 0.563. The highest BCUT2D eigenvalue weighted by Crippen LogP contribution is 2.45. The van der Waals surface area contributed by atoms with Gasteiger partial charge in [-0.15, -0.1) is 0 Å². The Kier molecular flexibility index (Phi) is 9.08. The normalized spacial score (nSPS) is 11.4. The molecule has 0 N–H and O–H groups in total. The van der Waals surface area contributed by atoms with Crippen molar-refractivity contribution in [2.75, 3.05) is 0 Å². The highest BCUT2D eigenvalue weighted by Gasteiger charge is 2.23. The van der Waals surface area contributed by atoms with Crippen LogP contribution in [-0.2, 0) is 0 Å². The molecule has 3 heterocycles. The molecule has 0 bridgehead atoms. The number of furan rings is 1. The summed E-state index contributed by atoms with van der Waals surface area (Å²) in [5.41, 5.74) is 13.0. The van der Waals surface area contributed by atoms with Crippen molar-refractivity contribution in [1.29, 1.82) is 0 Å². The second kappa shape index (κ2) is 15.7. The van der Waals surface area contributed by atoms with Crippen molar-refractivity contribution in [3.05, 3.63) is 231 Å². The molecule has 300 valence electrons. The second-order valence-electron chi connectivity index (χ2n) is 16.0. The molecule has 0 amide bonds. The Balaban J connectivity index is 1.14. The average molecular weight is 819 g/mol. The summed E-state index contributed by atoms with van der Waals surface area (Å²) in [5.74, 6) is 2.53. The van der Waals surface area contributed by atoms with Gasteiger partial charge in [0.25, 0.3) is 0 Å². The highest BCUT2D eigenvalue weighted by atomic mass is 16.3. The number of nitrogens with zero attached hydrogens (tertiary/aromatic N) is 4. The van der Waals surface area contributed by atoms with Crippen molar-refractivity contribution < 1.29 is 4.42 Å². The zero-order valence-corrected chi connectivity index (χ0v) is 34.6. The van der Waals surface area contributed by atoms with Crippen LogP contribution in [0.1, 0.15) is 0 Å². The summed E-state index contributed by atoms with van der Waals surface area (Å²) in [5, 5.41) is 4.55. The summed E-state index contributed by atoms with van der Waals surface area (Å²) in [6.45, 7) is 0.